The van der Waals surface area contributed by atoms with Crippen LogP contribution in [-0.4, -0.2) is 0 Å². The highest BCUT2D eigenvalue weighted by Crippen LogP contribution is 2.33. The van der Waals surface area contributed by atoms with Crippen molar-refractivity contribution in [3.63, 3.8) is 0 Å². The summed E-state index contributed by atoms with van der Waals surface area (Å²) in [5.41, 5.74) is 19.8. The van der Waals surface area contributed by atoms with E-state index in [1.807, 2.05) is 13.0 Å². The van der Waals surface area contributed by atoms with Crippen LogP contribution in [0.3, 0.4) is 0 Å². The van der Waals surface area contributed by atoms with Crippen molar-refractivity contribution < 1.29 is 52.7 Å². The summed E-state index contributed by atoms with van der Waals surface area (Å²) in [7, 11) is 0. The molecule has 294 valence electrons. The van der Waals surface area contributed by atoms with E-state index in [9.17, 15) is 52.7 Å². The van der Waals surface area contributed by atoms with Gasteiger partial charge in [-0.1, -0.05) is 35.3 Å². The van der Waals surface area contributed by atoms with Gasteiger partial charge in [0.05, 0.1) is 16.7 Å². The van der Waals surface area contributed by atoms with Gasteiger partial charge in [0.15, 0.2) is 0 Å². The lowest BCUT2D eigenvalue weighted by Gasteiger charge is -2.11. The van der Waals surface area contributed by atoms with Crippen LogP contribution in [-0.2, 0) is 18.5 Å². The van der Waals surface area contributed by atoms with Crippen molar-refractivity contribution in [2.75, 3.05) is 0 Å². The summed E-state index contributed by atoms with van der Waals surface area (Å²) < 4.78 is 148. The molecule has 4 aromatic carbocycles. The first-order valence-corrected chi connectivity index (χ1v) is 15.9. The molecule has 0 fully saturated rings. The van der Waals surface area contributed by atoms with Gasteiger partial charge in [0, 0.05) is 45.3 Å². The fraction of sp³-hybridized carbons (Fsp3) is 0.314. The van der Waals surface area contributed by atoms with E-state index in [0.29, 0.717) is 28.2 Å². The Hall–Kier alpha value is -3.54. The highest BCUT2D eigenvalue weighted by atomic mass is 35.5. The number of rotatable bonds is 4. The SMILES string of the molecule is CC(N)c1cc(C(F)(F)F)ccc1F.CC(N)c1cc(F)cc(C(F)(F)F)c1.CC(N)c1ccc(C(F)(F)F)cc1F.CC(N)c1ccc(Cl)cc1Cl. The number of nitrogens with two attached hydrogens (primary N) is 4. The van der Waals surface area contributed by atoms with Crippen LogP contribution in [0, 0.1) is 17.5 Å². The van der Waals surface area contributed by atoms with E-state index in [1.54, 1.807) is 12.1 Å². The second-order valence-corrected chi connectivity index (χ2v) is 12.4. The van der Waals surface area contributed by atoms with E-state index in [2.05, 4.69) is 0 Å². The lowest BCUT2D eigenvalue weighted by atomic mass is 10.0. The predicted molar refractivity (Wildman–Crippen MR) is 181 cm³/mol. The Morgan fingerprint density at radius 1 is 0.453 bits per heavy atom. The number of halogens is 14. The second-order valence-electron chi connectivity index (χ2n) is 11.6. The smallest absolute Gasteiger partial charge is 0.324 e. The van der Waals surface area contributed by atoms with Gasteiger partial charge >= 0.3 is 18.5 Å². The fourth-order valence-corrected chi connectivity index (χ4v) is 4.63. The Balaban J connectivity index is 0.000000355. The average Bonchev–Trinajstić information content (AvgIpc) is 3.00. The van der Waals surface area contributed by atoms with E-state index in [1.165, 1.54) is 20.8 Å². The van der Waals surface area contributed by atoms with Crippen LogP contribution in [0.5, 0.6) is 0 Å². The van der Waals surface area contributed by atoms with E-state index in [0.717, 1.165) is 42.0 Å². The van der Waals surface area contributed by atoms with Gasteiger partial charge < -0.3 is 22.9 Å². The van der Waals surface area contributed by atoms with Crippen LogP contribution in [0.1, 0.15) is 90.8 Å². The molecule has 0 bridgehead atoms. The zero-order valence-corrected chi connectivity index (χ0v) is 29.9. The number of alkyl halides is 9. The molecule has 0 aliphatic carbocycles. The van der Waals surface area contributed by atoms with Crippen LogP contribution >= 0.6 is 23.2 Å². The number of hydrogen-bond acceptors (Lipinski definition) is 4. The standard InChI is InChI=1S/3C9H9F4N.C8H9Cl2N/c1-5(14)6-2-7(9(11,12)13)4-8(10)3-6;1-5(14)7-4-6(9(11,12)13)2-3-8(7)10;1-5(14)7-3-2-6(4-8(7)10)9(11,12)13;1-5(11)7-3-2-6(9)4-8(7)10/h3*2-5H,14H2,1H3;2-5H,11H2,1H3. The molecule has 0 saturated carbocycles. The van der Waals surface area contributed by atoms with Crippen LogP contribution < -0.4 is 22.9 Å². The summed E-state index contributed by atoms with van der Waals surface area (Å²) in [4.78, 5) is 0. The summed E-state index contributed by atoms with van der Waals surface area (Å²) in [6.45, 7) is 6.31. The first-order chi connectivity index (χ1) is 24.1. The van der Waals surface area contributed by atoms with Gasteiger partial charge in [-0.2, -0.15) is 39.5 Å². The molecule has 0 radical (unpaired) electrons. The Labute approximate surface area is 308 Å². The molecule has 0 aliphatic rings. The third kappa shape index (κ3) is 15.8. The average molecular weight is 812 g/mol. The molecule has 0 saturated heterocycles. The van der Waals surface area contributed by atoms with Gasteiger partial charge in [-0.3, -0.25) is 0 Å². The molecule has 0 amide bonds. The molecular weight excluding hydrogens is 775 g/mol. The molecule has 0 heterocycles. The molecule has 53 heavy (non-hydrogen) atoms. The number of benzene rings is 4. The molecule has 4 rings (SSSR count). The maximum Gasteiger partial charge on any atom is 0.416 e. The van der Waals surface area contributed by atoms with Gasteiger partial charge in [-0.15, -0.1) is 0 Å². The first kappa shape index (κ1) is 47.5. The van der Waals surface area contributed by atoms with Crippen molar-refractivity contribution in [2.24, 2.45) is 22.9 Å². The molecule has 8 N–H and O–H groups in total. The minimum atomic E-state index is -4.54. The van der Waals surface area contributed by atoms with Crippen LogP contribution in [0.2, 0.25) is 10.0 Å². The minimum absolute atomic E-state index is 0.0419. The van der Waals surface area contributed by atoms with E-state index in [-0.39, 0.29) is 22.7 Å². The second kappa shape index (κ2) is 19.7. The van der Waals surface area contributed by atoms with E-state index in [4.69, 9.17) is 46.1 Å². The normalized spacial score (nSPS) is 13.9. The van der Waals surface area contributed by atoms with Crippen molar-refractivity contribution in [2.45, 2.75) is 70.4 Å². The lowest BCUT2D eigenvalue weighted by Crippen LogP contribution is -2.11. The zero-order chi connectivity index (χ0) is 41.2. The maximum atomic E-state index is 13.1. The molecule has 0 spiro atoms. The van der Waals surface area contributed by atoms with E-state index < -0.39 is 70.8 Å². The first-order valence-electron chi connectivity index (χ1n) is 15.1. The zero-order valence-electron chi connectivity index (χ0n) is 28.3. The Morgan fingerprint density at radius 3 is 1.32 bits per heavy atom. The molecule has 4 nitrogen and oxygen atoms in total. The molecule has 4 atom stereocenters. The maximum absolute atomic E-state index is 13.1. The summed E-state index contributed by atoms with van der Waals surface area (Å²) in [5.74, 6) is -2.56. The number of hydrogen-bond donors (Lipinski definition) is 4. The van der Waals surface area contributed by atoms with Gasteiger partial charge in [0.2, 0.25) is 0 Å². The highest BCUT2D eigenvalue weighted by Gasteiger charge is 2.33. The van der Waals surface area contributed by atoms with Gasteiger partial charge in [-0.25, -0.2) is 13.2 Å². The quantitative estimate of drug-likeness (QED) is 0.154. The fourth-order valence-electron chi connectivity index (χ4n) is 4.05. The minimum Gasteiger partial charge on any atom is -0.324 e. The van der Waals surface area contributed by atoms with Crippen molar-refractivity contribution in [1.82, 2.24) is 0 Å². The molecule has 4 unspecified atom stereocenters. The van der Waals surface area contributed by atoms with Crippen LogP contribution in [0.15, 0.2) is 72.8 Å². The summed E-state index contributed by atoms with van der Waals surface area (Å²) in [6.07, 6.45) is -13.5. The van der Waals surface area contributed by atoms with Gasteiger partial charge in [0.25, 0.3) is 0 Å². The molecule has 0 aromatic heterocycles. The van der Waals surface area contributed by atoms with Gasteiger partial charge in [-0.05, 0) is 99.5 Å². The lowest BCUT2D eigenvalue weighted by molar-refractivity contribution is -0.138. The largest absolute Gasteiger partial charge is 0.416 e. The predicted octanol–water partition coefficient (Wildman–Crippen LogP) is 11.6. The molecular formula is C35H36Cl2F12N4. The molecule has 0 aliphatic heterocycles. The third-order valence-electron chi connectivity index (χ3n) is 6.86. The monoisotopic (exact) mass is 810 g/mol. The Bertz CT molecular complexity index is 1770. The summed E-state index contributed by atoms with van der Waals surface area (Å²) >= 11 is 11.6. The topological polar surface area (TPSA) is 104 Å². The van der Waals surface area contributed by atoms with Crippen LogP contribution in [0.4, 0.5) is 52.7 Å². The molecule has 18 heteroatoms. The summed E-state index contributed by atoms with van der Waals surface area (Å²) in [5, 5.41) is 1.27. The molecule has 4 aromatic rings. The Morgan fingerprint density at radius 2 is 0.906 bits per heavy atom. The Kier molecular flexibility index (Phi) is 17.6. The summed E-state index contributed by atoms with van der Waals surface area (Å²) in [6, 6.07) is 10.1. The van der Waals surface area contributed by atoms with Crippen molar-refractivity contribution in [3.8, 4) is 0 Å². The third-order valence-corrected chi connectivity index (χ3v) is 7.42. The van der Waals surface area contributed by atoms with Crippen molar-refractivity contribution in [3.05, 3.63) is 139 Å². The van der Waals surface area contributed by atoms with Gasteiger partial charge in [0.1, 0.15) is 17.5 Å². The van der Waals surface area contributed by atoms with E-state index >= 15 is 0 Å². The van der Waals surface area contributed by atoms with Crippen LogP contribution in [0.25, 0.3) is 0 Å². The highest BCUT2D eigenvalue weighted by molar-refractivity contribution is 6.35. The van der Waals surface area contributed by atoms with Crippen molar-refractivity contribution in [1.29, 1.82) is 0 Å². The van der Waals surface area contributed by atoms with Crippen molar-refractivity contribution >= 4 is 23.2 Å².